The van der Waals surface area contributed by atoms with Gasteiger partial charge in [0.25, 0.3) is 0 Å². The number of esters is 1. The number of amides is 3. The quantitative estimate of drug-likeness (QED) is 0.339. The third-order valence-electron chi connectivity index (χ3n) is 7.45. The number of aliphatic imine (C=N–C) groups is 1. The summed E-state index contributed by atoms with van der Waals surface area (Å²) in [5, 5.41) is 12.7. The number of methoxy groups -OCH3 is 1. The van der Waals surface area contributed by atoms with Gasteiger partial charge in [0.2, 0.25) is 17.7 Å². The van der Waals surface area contributed by atoms with Gasteiger partial charge in [-0.15, -0.1) is 0 Å². The maximum atomic E-state index is 13.3. The largest absolute Gasteiger partial charge is 0.465 e. The molecule has 2 heterocycles. The van der Waals surface area contributed by atoms with E-state index in [0.717, 1.165) is 5.56 Å². The van der Waals surface area contributed by atoms with Crippen molar-refractivity contribution >= 4 is 46.5 Å². The van der Waals surface area contributed by atoms with E-state index < -0.39 is 17.8 Å². The number of anilines is 2. The van der Waals surface area contributed by atoms with Gasteiger partial charge >= 0.3 is 5.97 Å². The fraction of sp³-hybridized carbons (Fsp3) is 0.250. The predicted octanol–water partition coefficient (Wildman–Crippen LogP) is 4.15. The number of rotatable bonds is 7. The Kier molecular flexibility index (Phi) is 7.84. The molecule has 3 aromatic rings. The van der Waals surface area contributed by atoms with Gasteiger partial charge in [0.15, 0.2) is 0 Å². The van der Waals surface area contributed by atoms with Gasteiger partial charge in [0.05, 0.1) is 36.1 Å². The average Bonchev–Trinajstić information content (AvgIpc) is 3.54. The number of nitrogens with one attached hydrogen (secondary N) is 1. The standard InChI is InChI=1S/C32H29N5O5/c1-36(2)27(38)13-14-28(39)37-18-21(17-33)24-16-22(10-12-26(24)37)34-30(19-7-5-4-6-8-19)29-23-11-9-20(32(41)42-3)15-25(23)35-31(29)40/h4-12,15-16,21,29H,13-14,18H2,1-3H3,(H,35,40). The van der Waals surface area contributed by atoms with Crippen LogP contribution in [0.1, 0.15) is 51.7 Å². The van der Waals surface area contributed by atoms with E-state index >= 15 is 0 Å². The lowest BCUT2D eigenvalue weighted by Gasteiger charge is -2.18. The molecule has 3 amide bonds. The molecule has 0 saturated carbocycles. The Bertz CT molecular complexity index is 1660. The van der Waals surface area contributed by atoms with Crippen LogP contribution in [0.25, 0.3) is 0 Å². The van der Waals surface area contributed by atoms with Crippen LogP contribution < -0.4 is 10.2 Å². The third-order valence-corrected chi connectivity index (χ3v) is 7.45. The fourth-order valence-electron chi connectivity index (χ4n) is 5.26. The summed E-state index contributed by atoms with van der Waals surface area (Å²) in [5.74, 6) is -2.46. The van der Waals surface area contributed by atoms with Crippen molar-refractivity contribution in [2.45, 2.75) is 24.7 Å². The van der Waals surface area contributed by atoms with Crippen molar-refractivity contribution in [2.24, 2.45) is 4.99 Å². The summed E-state index contributed by atoms with van der Waals surface area (Å²) < 4.78 is 4.82. The van der Waals surface area contributed by atoms with Crippen LogP contribution in [0.5, 0.6) is 0 Å². The fourth-order valence-corrected chi connectivity index (χ4v) is 5.26. The molecule has 212 valence electrons. The van der Waals surface area contributed by atoms with Crippen LogP contribution in [-0.4, -0.2) is 62.1 Å². The zero-order valence-corrected chi connectivity index (χ0v) is 23.5. The first kappa shape index (κ1) is 28.2. The second kappa shape index (κ2) is 11.7. The van der Waals surface area contributed by atoms with Crippen LogP contribution in [0.3, 0.4) is 0 Å². The molecule has 0 saturated heterocycles. The minimum absolute atomic E-state index is 0.0422. The topological polar surface area (TPSA) is 132 Å². The van der Waals surface area contributed by atoms with E-state index in [0.29, 0.717) is 39.5 Å². The van der Waals surface area contributed by atoms with Gasteiger partial charge in [-0.25, -0.2) is 4.79 Å². The smallest absolute Gasteiger partial charge is 0.337 e. The number of nitrogens with zero attached hydrogens (tertiary/aromatic N) is 4. The van der Waals surface area contributed by atoms with Crippen LogP contribution >= 0.6 is 0 Å². The summed E-state index contributed by atoms with van der Waals surface area (Å²) in [4.78, 5) is 58.3. The van der Waals surface area contributed by atoms with Crippen molar-refractivity contribution < 1.29 is 23.9 Å². The SMILES string of the molecule is COC(=O)c1ccc2c(c1)NC(=O)C2C(=Nc1ccc2c(c1)C(C#N)CN2C(=O)CCC(=O)N(C)C)c1ccccc1. The average molecular weight is 564 g/mol. The number of ether oxygens (including phenoxy) is 1. The predicted molar refractivity (Wildman–Crippen MR) is 157 cm³/mol. The van der Waals surface area contributed by atoms with Crippen molar-refractivity contribution in [3.8, 4) is 6.07 Å². The Labute approximate surface area is 243 Å². The molecule has 0 aliphatic carbocycles. The maximum Gasteiger partial charge on any atom is 0.337 e. The molecular weight excluding hydrogens is 534 g/mol. The molecule has 0 aromatic heterocycles. The molecule has 0 spiro atoms. The van der Waals surface area contributed by atoms with Gasteiger partial charge in [-0.3, -0.25) is 19.4 Å². The maximum absolute atomic E-state index is 13.3. The molecule has 2 aliphatic rings. The van der Waals surface area contributed by atoms with E-state index in [2.05, 4.69) is 11.4 Å². The lowest BCUT2D eigenvalue weighted by molar-refractivity contribution is -0.131. The number of benzene rings is 3. The Morgan fingerprint density at radius 1 is 1.02 bits per heavy atom. The van der Waals surface area contributed by atoms with Gasteiger partial charge in [-0.05, 0) is 47.0 Å². The van der Waals surface area contributed by atoms with Gasteiger partial charge in [0.1, 0.15) is 5.92 Å². The number of fused-ring (bicyclic) bond motifs is 2. The molecule has 0 radical (unpaired) electrons. The van der Waals surface area contributed by atoms with E-state index in [-0.39, 0.29) is 37.1 Å². The highest BCUT2D eigenvalue weighted by Gasteiger charge is 2.37. The molecular formula is C32H29N5O5. The van der Waals surface area contributed by atoms with E-state index in [1.165, 1.54) is 12.0 Å². The Hall–Kier alpha value is -5.30. The molecule has 2 atom stereocenters. The summed E-state index contributed by atoms with van der Waals surface area (Å²) >= 11 is 0. The first-order valence-electron chi connectivity index (χ1n) is 13.4. The molecule has 5 rings (SSSR count). The van der Waals surface area contributed by atoms with Crippen LogP contribution in [0.4, 0.5) is 17.1 Å². The van der Waals surface area contributed by atoms with Crippen LogP contribution in [0, 0.1) is 11.3 Å². The summed E-state index contributed by atoms with van der Waals surface area (Å²) in [7, 11) is 4.58. The van der Waals surface area contributed by atoms with Gasteiger partial charge < -0.3 is 19.9 Å². The van der Waals surface area contributed by atoms with Crippen LogP contribution in [-0.2, 0) is 19.1 Å². The van der Waals surface area contributed by atoms with Crippen LogP contribution in [0.15, 0.2) is 71.7 Å². The Balaban J connectivity index is 1.52. The molecule has 0 fully saturated rings. The molecule has 2 unspecified atom stereocenters. The Morgan fingerprint density at radius 3 is 2.48 bits per heavy atom. The van der Waals surface area contributed by atoms with Crippen molar-refractivity contribution in [1.82, 2.24) is 4.90 Å². The first-order chi connectivity index (χ1) is 20.2. The van der Waals surface area contributed by atoms with E-state index in [1.54, 1.807) is 55.4 Å². The van der Waals surface area contributed by atoms with Crippen molar-refractivity contribution in [1.29, 1.82) is 5.26 Å². The van der Waals surface area contributed by atoms with Gasteiger partial charge in [-0.2, -0.15) is 5.26 Å². The van der Waals surface area contributed by atoms with Crippen molar-refractivity contribution in [3.63, 3.8) is 0 Å². The second-order valence-electron chi connectivity index (χ2n) is 10.3. The number of hydrogen-bond acceptors (Lipinski definition) is 7. The Morgan fingerprint density at radius 2 is 1.79 bits per heavy atom. The number of hydrogen-bond donors (Lipinski definition) is 1. The van der Waals surface area contributed by atoms with E-state index in [9.17, 15) is 24.4 Å². The van der Waals surface area contributed by atoms with Crippen molar-refractivity contribution in [2.75, 3.05) is 38.0 Å². The molecule has 0 bridgehead atoms. The van der Waals surface area contributed by atoms with Gasteiger partial charge in [0, 0.05) is 44.9 Å². The molecule has 10 heteroatoms. The van der Waals surface area contributed by atoms with Crippen LogP contribution in [0.2, 0.25) is 0 Å². The zero-order chi connectivity index (χ0) is 30.0. The lowest BCUT2D eigenvalue weighted by atomic mass is 9.90. The van der Waals surface area contributed by atoms with E-state index in [1.807, 2.05) is 30.3 Å². The lowest BCUT2D eigenvalue weighted by Crippen LogP contribution is -2.31. The normalized spacial score (nSPS) is 17.1. The number of carbonyl (C=O) groups is 4. The second-order valence-corrected chi connectivity index (χ2v) is 10.3. The summed E-state index contributed by atoms with van der Waals surface area (Å²) in [6.45, 7) is 0.195. The highest BCUT2D eigenvalue weighted by molar-refractivity contribution is 6.24. The molecule has 1 N–H and O–H groups in total. The van der Waals surface area contributed by atoms with Crippen molar-refractivity contribution in [3.05, 3.63) is 89.0 Å². The molecule has 3 aromatic carbocycles. The minimum atomic E-state index is -0.749. The highest BCUT2D eigenvalue weighted by atomic mass is 16.5. The highest BCUT2D eigenvalue weighted by Crippen LogP contribution is 2.41. The number of carbonyl (C=O) groups excluding carboxylic acids is 4. The molecule has 2 aliphatic heterocycles. The first-order valence-corrected chi connectivity index (χ1v) is 13.4. The molecule has 10 nitrogen and oxygen atoms in total. The molecule has 42 heavy (non-hydrogen) atoms. The summed E-state index contributed by atoms with van der Waals surface area (Å²) in [6, 6.07) is 21.8. The zero-order valence-electron chi connectivity index (χ0n) is 23.5. The van der Waals surface area contributed by atoms with Gasteiger partial charge in [-0.1, -0.05) is 36.4 Å². The summed E-state index contributed by atoms with van der Waals surface area (Å²) in [5.41, 5.74) is 4.55. The number of nitriles is 1. The monoisotopic (exact) mass is 563 g/mol. The minimum Gasteiger partial charge on any atom is -0.465 e. The summed E-state index contributed by atoms with van der Waals surface area (Å²) in [6.07, 6.45) is 0.129. The third kappa shape index (κ3) is 5.37. The van der Waals surface area contributed by atoms with E-state index in [4.69, 9.17) is 9.73 Å².